The molecule has 1 aliphatic heterocycles. The largest absolute Gasteiger partial charge is 0.336 e. The summed E-state index contributed by atoms with van der Waals surface area (Å²) < 4.78 is 0. The van der Waals surface area contributed by atoms with E-state index in [2.05, 4.69) is 0 Å². The Bertz CT molecular complexity index is 1710. The van der Waals surface area contributed by atoms with Crippen molar-refractivity contribution in [3.05, 3.63) is 133 Å². The Morgan fingerprint density at radius 1 is 0.698 bits per heavy atom. The van der Waals surface area contributed by atoms with Gasteiger partial charge in [0.2, 0.25) is 0 Å². The molecule has 0 saturated carbocycles. The highest BCUT2D eigenvalue weighted by Gasteiger charge is 2.43. The van der Waals surface area contributed by atoms with Crippen LogP contribution in [0.1, 0.15) is 57.7 Å². The third-order valence-electron chi connectivity index (χ3n) is 7.88. The number of para-hydroxylation sites is 1. The first-order chi connectivity index (χ1) is 20.3. The van der Waals surface area contributed by atoms with Crippen LogP contribution in [-0.2, 0) is 14.4 Å². The van der Waals surface area contributed by atoms with Gasteiger partial charge in [0.05, 0.1) is 21.8 Å². The highest BCUT2D eigenvalue weighted by atomic mass is 16.6. The Balaban J connectivity index is 2.22. The van der Waals surface area contributed by atoms with E-state index in [9.17, 15) is 34.6 Å². The minimum absolute atomic E-state index is 0.174. The molecule has 10 nitrogen and oxygen atoms in total. The van der Waals surface area contributed by atoms with Crippen molar-refractivity contribution < 1.29 is 24.2 Å². The first kappa shape index (κ1) is 30.7. The summed E-state index contributed by atoms with van der Waals surface area (Å²) in [4.78, 5) is 65.0. The van der Waals surface area contributed by atoms with Crippen LogP contribution in [0, 0.1) is 26.1 Å². The number of rotatable bonds is 8. The van der Waals surface area contributed by atoms with E-state index < -0.39 is 33.5 Å². The molecule has 4 rings (SSSR count). The van der Waals surface area contributed by atoms with Crippen LogP contribution in [0.3, 0.4) is 0 Å². The van der Waals surface area contributed by atoms with Crippen molar-refractivity contribution in [2.45, 2.75) is 46.6 Å². The lowest BCUT2D eigenvalue weighted by molar-refractivity contribution is -0.385. The molecule has 0 bridgehead atoms. The van der Waals surface area contributed by atoms with Gasteiger partial charge in [-0.1, -0.05) is 48.0 Å². The zero-order chi connectivity index (χ0) is 31.6. The Kier molecular flexibility index (Phi) is 8.80. The third-order valence-corrected chi connectivity index (χ3v) is 7.88. The molecule has 0 spiro atoms. The fourth-order valence-corrected chi connectivity index (χ4v) is 6.20. The van der Waals surface area contributed by atoms with E-state index in [-0.39, 0.29) is 34.1 Å². The summed E-state index contributed by atoms with van der Waals surface area (Å²) in [5, 5.41) is 23.5. The number of allylic oxidation sites excluding steroid dienone is 3. The molecule has 10 heteroatoms. The molecule has 1 unspecified atom stereocenters. The van der Waals surface area contributed by atoms with E-state index in [1.54, 1.807) is 50.2 Å². The van der Waals surface area contributed by atoms with E-state index in [1.807, 2.05) is 11.0 Å². The van der Waals surface area contributed by atoms with E-state index >= 15 is 0 Å². The Hall–Kier alpha value is -5.25. The van der Waals surface area contributed by atoms with Crippen LogP contribution in [0.4, 0.5) is 17.1 Å². The Labute approximate surface area is 248 Å². The molecule has 0 aliphatic carbocycles. The lowest BCUT2D eigenvalue weighted by Gasteiger charge is -2.43. The van der Waals surface area contributed by atoms with Crippen LogP contribution in [0.15, 0.2) is 101 Å². The maximum Gasteiger partial charge on any atom is 0.269 e. The maximum atomic E-state index is 13.7. The number of ketones is 3. The summed E-state index contributed by atoms with van der Waals surface area (Å²) >= 11 is 0. The van der Waals surface area contributed by atoms with Crippen LogP contribution >= 0.6 is 0 Å². The molecule has 0 saturated heterocycles. The highest BCUT2D eigenvalue weighted by molar-refractivity contribution is 6.04. The van der Waals surface area contributed by atoms with Crippen molar-refractivity contribution in [3.8, 4) is 0 Å². The average molecular weight is 582 g/mol. The SMILES string of the molecule is CC(=O)/C1=C(\C)[C@H](C(C)=O)[C@@H](c2cccc([N+](=O)[O-])c2)N(c2ccccc2)/C(C)=C(/C(C)=O)C1c1cccc([N+](=O)[O-])c1. The summed E-state index contributed by atoms with van der Waals surface area (Å²) in [6, 6.07) is 19.9. The number of nitrogens with zero attached hydrogens (tertiary/aromatic N) is 3. The van der Waals surface area contributed by atoms with Crippen LogP contribution in [0.2, 0.25) is 0 Å². The molecule has 3 atom stereocenters. The smallest absolute Gasteiger partial charge is 0.269 e. The van der Waals surface area contributed by atoms with E-state index in [4.69, 9.17) is 0 Å². The second-order valence-corrected chi connectivity index (χ2v) is 10.6. The summed E-state index contributed by atoms with van der Waals surface area (Å²) in [7, 11) is 0. The second-order valence-electron chi connectivity index (χ2n) is 10.6. The predicted molar refractivity (Wildman–Crippen MR) is 162 cm³/mol. The Morgan fingerprint density at radius 2 is 1.21 bits per heavy atom. The quantitative estimate of drug-likeness (QED) is 0.208. The van der Waals surface area contributed by atoms with Gasteiger partial charge in [0.15, 0.2) is 11.6 Å². The zero-order valence-electron chi connectivity index (χ0n) is 24.4. The van der Waals surface area contributed by atoms with E-state index in [1.165, 1.54) is 57.2 Å². The van der Waals surface area contributed by atoms with Crippen molar-refractivity contribution in [1.82, 2.24) is 0 Å². The number of carbonyl (C=O) groups excluding carboxylic acids is 3. The fraction of sp³-hybridized carbons (Fsp3) is 0.242. The number of non-ortho nitro benzene ring substituents is 2. The Morgan fingerprint density at radius 3 is 1.70 bits per heavy atom. The van der Waals surface area contributed by atoms with Crippen molar-refractivity contribution >= 4 is 34.4 Å². The molecule has 3 aromatic carbocycles. The number of hydrogen-bond donors (Lipinski definition) is 0. The van der Waals surface area contributed by atoms with Gasteiger partial charge >= 0.3 is 0 Å². The summed E-state index contributed by atoms with van der Waals surface area (Å²) in [5.41, 5.74) is 2.19. The number of carbonyl (C=O) groups is 3. The number of Topliss-reactive ketones (excluding diaryl/α,β-unsaturated/α-hetero) is 3. The van der Waals surface area contributed by atoms with Gasteiger partial charge in [-0.25, -0.2) is 0 Å². The lowest BCUT2D eigenvalue weighted by Crippen LogP contribution is -2.40. The van der Waals surface area contributed by atoms with Crippen LogP contribution in [-0.4, -0.2) is 27.2 Å². The number of nitro groups is 2. The minimum Gasteiger partial charge on any atom is -0.336 e. The summed E-state index contributed by atoms with van der Waals surface area (Å²) in [6.45, 7) is 7.46. The third kappa shape index (κ3) is 5.90. The number of anilines is 1. The molecular weight excluding hydrogens is 550 g/mol. The first-order valence-corrected chi connectivity index (χ1v) is 13.6. The number of benzene rings is 3. The highest BCUT2D eigenvalue weighted by Crippen LogP contribution is 2.48. The van der Waals surface area contributed by atoms with Crippen LogP contribution in [0.5, 0.6) is 0 Å². The van der Waals surface area contributed by atoms with Crippen LogP contribution < -0.4 is 4.90 Å². The van der Waals surface area contributed by atoms with Gasteiger partial charge < -0.3 is 4.90 Å². The van der Waals surface area contributed by atoms with Crippen molar-refractivity contribution in [2.24, 2.45) is 5.92 Å². The van der Waals surface area contributed by atoms with Gasteiger partial charge in [-0.2, -0.15) is 0 Å². The normalized spacial score (nSPS) is 22.3. The van der Waals surface area contributed by atoms with Gasteiger partial charge in [0, 0.05) is 52.7 Å². The molecular formula is C33H31N3O7. The first-order valence-electron chi connectivity index (χ1n) is 13.6. The average Bonchev–Trinajstić information content (AvgIpc) is 2.95. The molecule has 0 radical (unpaired) electrons. The van der Waals surface area contributed by atoms with Gasteiger partial charge in [-0.05, 0) is 57.9 Å². The second kappa shape index (κ2) is 12.3. The summed E-state index contributed by atoms with van der Waals surface area (Å²) in [5.74, 6) is -3.08. The lowest BCUT2D eigenvalue weighted by atomic mass is 9.71. The van der Waals surface area contributed by atoms with Crippen molar-refractivity contribution in [1.29, 1.82) is 0 Å². The number of nitro benzene ring substituents is 2. The molecule has 0 fully saturated rings. The van der Waals surface area contributed by atoms with Gasteiger partial charge in [0.1, 0.15) is 5.78 Å². The topological polar surface area (TPSA) is 141 Å². The molecule has 3 aromatic rings. The molecule has 220 valence electrons. The molecule has 1 aliphatic rings. The van der Waals surface area contributed by atoms with Gasteiger partial charge in [0.25, 0.3) is 11.4 Å². The van der Waals surface area contributed by atoms with Gasteiger partial charge in [-0.15, -0.1) is 0 Å². The molecule has 0 aromatic heterocycles. The number of hydrogen-bond acceptors (Lipinski definition) is 8. The van der Waals surface area contributed by atoms with E-state index in [0.717, 1.165) is 0 Å². The molecule has 0 amide bonds. The molecule has 43 heavy (non-hydrogen) atoms. The fourth-order valence-electron chi connectivity index (χ4n) is 6.20. The predicted octanol–water partition coefficient (Wildman–Crippen LogP) is 6.82. The molecule has 1 heterocycles. The molecule has 0 N–H and O–H groups in total. The minimum atomic E-state index is -1.02. The zero-order valence-corrected chi connectivity index (χ0v) is 24.4. The monoisotopic (exact) mass is 581 g/mol. The van der Waals surface area contributed by atoms with Crippen molar-refractivity contribution in [3.63, 3.8) is 0 Å². The van der Waals surface area contributed by atoms with E-state index in [0.29, 0.717) is 28.1 Å². The van der Waals surface area contributed by atoms with Crippen molar-refractivity contribution in [2.75, 3.05) is 4.90 Å². The summed E-state index contributed by atoms with van der Waals surface area (Å²) in [6.07, 6.45) is 0. The van der Waals surface area contributed by atoms with Gasteiger partial charge in [-0.3, -0.25) is 34.6 Å². The van der Waals surface area contributed by atoms with Crippen LogP contribution in [0.25, 0.3) is 0 Å². The standard InChI is InChI=1S/C33H31N3O7/c1-19-29(21(3)37)32(24-11-9-15-27(17-24)35(40)41)31(23(5)39)20(2)34(26-13-7-6-8-14-26)33(30(19)22(4)38)25-12-10-16-28(18-25)36(42)43/h6-18,30,32-33H,1-5H3/b29-19-,31-20-/t30-,32?,33-/m1/s1. The maximum absolute atomic E-state index is 13.7.